The molecule has 0 bridgehead atoms. The van der Waals surface area contributed by atoms with E-state index in [1.54, 1.807) is 18.2 Å². The van der Waals surface area contributed by atoms with Crippen LogP contribution in [0.2, 0.25) is 0 Å². The van der Waals surface area contributed by atoms with Crippen molar-refractivity contribution in [2.24, 2.45) is 11.8 Å². The number of hydrogen-bond acceptors (Lipinski definition) is 2. The minimum absolute atomic E-state index is 0.124. The van der Waals surface area contributed by atoms with E-state index in [4.69, 9.17) is 5.11 Å². The normalized spacial score (nSPS) is 25.1. The van der Waals surface area contributed by atoms with Crippen molar-refractivity contribution in [3.05, 3.63) is 35.6 Å². The summed E-state index contributed by atoms with van der Waals surface area (Å²) < 4.78 is 13.5. The maximum absolute atomic E-state index is 13.5. The summed E-state index contributed by atoms with van der Waals surface area (Å²) >= 11 is 0. The SMILES string of the molecule is CC1CN(Cc2ccccc2F)CC1C(=O)O. The van der Waals surface area contributed by atoms with Gasteiger partial charge in [-0.25, -0.2) is 4.39 Å². The first-order valence-electron chi connectivity index (χ1n) is 5.76. The Kier molecular flexibility index (Phi) is 3.43. The smallest absolute Gasteiger partial charge is 0.308 e. The number of rotatable bonds is 3. The van der Waals surface area contributed by atoms with Crippen molar-refractivity contribution >= 4 is 5.97 Å². The van der Waals surface area contributed by atoms with E-state index in [0.29, 0.717) is 25.2 Å². The van der Waals surface area contributed by atoms with E-state index in [-0.39, 0.29) is 17.7 Å². The minimum atomic E-state index is -0.756. The quantitative estimate of drug-likeness (QED) is 0.873. The Balaban J connectivity index is 2.03. The Morgan fingerprint density at radius 3 is 2.76 bits per heavy atom. The summed E-state index contributed by atoms with van der Waals surface area (Å²) in [6.07, 6.45) is 0. The third kappa shape index (κ3) is 2.64. The van der Waals surface area contributed by atoms with Crippen LogP contribution in [0.1, 0.15) is 12.5 Å². The second-order valence-corrected chi connectivity index (χ2v) is 4.71. The Bertz CT molecular complexity index is 422. The number of halogens is 1. The highest BCUT2D eigenvalue weighted by Crippen LogP contribution is 2.25. The van der Waals surface area contributed by atoms with Crippen LogP contribution in [0.4, 0.5) is 4.39 Å². The van der Waals surface area contributed by atoms with Gasteiger partial charge in [0.25, 0.3) is 0 Å². The molecule has 0 radical (unpaired) electrons. The lowest BCUT2D eigenvalue weighted by Crippen LogP contribution is -2.23. The molecule has 3 nitrogen and oxygen atoms in total. The van der Waals surface area contributed by atoms with Gasteiger partial charge in [-0.05, 0) is 12.0 Å². The van der Waals surface area contributed by atoms with E-state index in [1.165, 1.54) is 6.07 Å². The van der Waals surface area contributed by atoms with Crippen molar-refractivity contribution in [2.45, 2.75) is 13.5 Å². The highest BCUT2D eigenvalue weighted by Gasteiger charge is 2.34. The third-order valence-corrected chi connectivity index (χ3v) is 3.36. The van der Waals surface area contributed by atoms with Crippen LogP contribution in [-0.4, -0.2) is 29.1 Å². The van der Waals surface area contributed by atoms with Crippen LogP contribution in [0.5, 0.6) is 0 Å². The zero-order valence-corrected chi connectivity index (χ0v) is 9.77. The summed E-state index contributed by atoms with van der Waals surface area (Å²) in [5.74, 6) is -1.19. The van der Waals surface area contributed by atoms with Crippen molar-refractivity contribution in [1.29, 1.82) is 0 Å². The van der Waals surface area contributed by atoms with E-state index >= 15 is 0 Å². The second kappa shape index (κ2) is 4.84. The first kappa shape index (κ1) is 12.0. The van der Waals surface area contributed by atoms with Crippen LogP contribution >= 0.6 is 0 Å². The average Bonchev–Trinajstić information content (AvgIpc) is 2.63. The molecule has 92 valence electrons. The molecule has 1 aliphatic heterocycles. The van der Waals surface area contributed by atoms with Gasteiger partial charge in [-0.3, -0.25) is 9.69 Å². The molecule has 4 heteroatoms. The van der Waals surface area contributed by atoms with Crippen LogP contribution in [0.15, 0.2) is 24.3 Å². The van der Waals surface area contributed by atoms with Gasteiger partial charge >= 0.3 is 5.97 Å². The summed E-state index contributed by atoms with van der Waals surface area (Å²) in [6, 6.07) is 6.63. The fraction of sp³-hybridized carbons (Fsp3) is 0.462. The first-order valence-corrected chi connectivity index (χ1v) is 5.76. The lowest BCUT2D eigenvalue weighted by Gasteiger charge is -2.15. The lowest BCUT2D eigenvalue weighted by molar-refractivity contribution is -0.142. The van der Waals surface area contributed by atoms with Crippen LogP contribution < -0.4 is 0 Å². The third-order valence-electron chi connectivity index (χ3n) is 3.36. The molecular formula is C13H16FNO2. The van der Waals surface area contributed by atoms with Gasteiger partial charge < -0.3 is 5.11 Å². The van der Waals surface area contributed by atoms with Crippen LogP contribution in [-0.2, 0) is 11.3 Å². The summed E-state index contributed by atoms with van der Waals surface area (Å²) in [6.45, 7) is 3.64. The molecule has 1 aliphatic rings. The van der Waals surface area contributed by atoms with Gasteiger partial charge in [0.1, 0.15) is 5.82 Å². The number of likely N-dealkylation sites (tertiary alicyclic amines) is 1. The van der Waals surface area contributed by atoms with Crippen LogP contribution in [0, 0.1) is 17.7 Å². The standard InChI is InChI=1S/C13H16FNO2/c1-9-6-15(8-11(9)13(16)17)7-10-4-2-3-5-12(10)14/h2-5,9,11H,6-8H2,1H3,(H,16,17). The molecule has 1 heterocycles. The summed E-state index contributed by atoms with van der Waals surface area (Å²) in [5, 5.41) is 9.02. The predicted octanol–water partition coefficient (Wildman–Crippen LogP) is 1.98. The summed E-state index contributed by atoms with van der Waals surface area (Å²) in [7, 11) is 0. The highest BCUT2D eigenvalue weighted by atomic mass is 19.1. The van der Waals surface area contributed by atoms with E-state index in [9.17, 15) is 9.18 Å². The fourth-order valence-electron chi connectivity index (χ4n) is 2.39. The Morgan fingerprint density at radius 2 is 2.18 bits per heavy atom. The molecule has 1 N–H and O–H groups in total. The Labute approximate surface area is 99.9 Å². The molecule has 2 unspecified atom stereocenters. The van der Waals surface area contributed by atoms with Gasteiger partial charge in [-0.1, -0.05) is 25.1 Å². The van der Waals surface area contributed by atoms with E-state index < -0.39 is 5.97 Å². The molecule has 0 amide bonds. The van der Waals surface area contributed by atoms with Gasteiger partial charge in [-0.2, -0.15) is 0 Å². The number of aliphatic carboxylic acids is 1. The number of hydrogen-bond donors (Lipinski definition) is 1. The molecule has 2 rings (SSSR count). The molecule has 2 atom stereocenters. The number of carbonyl (C=O) groups is 1. The van der Waals surface area contributed by atoms with Crippen molar-refractivity contribution < 1.29 is 14.3 Å². The van der Waals surface area contributed by atoms with Gasteiger partial charge in [0, 0.05) is 25.2 Å². The van der Waals surface area contributed by atoms with Gasteiger partial charge in [0.15, 0.2) is 0 Å². The highest BCUT2D eigenvalue weighted by molar-refractivity contribution is 5.71. The summed E-state index contributed by atoms with van der Waals surface area (Å²) in [5.41, 5.74) is 0.630. The van der Waals surface area contributed by atoms with Crippen molar-refractivity contribution in [1.82, 2.24) is 4.90 Å². The number of carboxylic acid groups (broad SMARTS) is 1. The van der Waals surface area contributed by atoms with Crippen molar-refractivity contribution in [3.8, 4) is 0 Å². The van der Waals surface area contributed by atoms with Crippen LogP contribution in [0.25, 0.3) is 0 Å². The fourth-order valence-corrected chi connectivity index (χ4v) is 2.39. The van der Waals surface area contributed by atoms with E-state index in [1.807, 2.05) is 11.8 Å². The summed E-state index contributed by atoms with van der Waals surface area (Å²) in [4.78, 5) is 13.0. The maximum Gasteiger partial charge on any atom is 0.308 e. The predicted molar refractivity (Wildman–Crippen MR) is 62.0 cm³/mol. The molecule has 0 aliphatic carbocycles. The molecular weight excluding hydrogens is 221 g/mol. The average molecular weight is 237 g/mol. The van der Waals surface area contributed by atoms with E-state index in [0.717, 1.165) is 0 Å². The molecule has 0 spiro atoms. The number of carboxylic acids is 1. The van der Waals surface area contributed by atoms with Gasteiger partial charge in [0.05, 0.1) is 5.92 Å². The van der Waals surface area contributed by atoms with Crippen LogP contribution in [0.3, 0.4) is 0 Å². The molecule has 17 heavy (non-hydrogen) atoms. The van der Waals surface area contributed by atoms with E-state index in [2.05, 4.69) is 0 Å². The zero-order valence-electron chi connectivity index (χ0n) is 9.77. The molecule has 1 aromatic rings. The Morgan fingerprint density at radius 1 is 1.47 bits per heavy atom. The topological polar surface area (TPSA) is 40.5 Å². The van der Waals surface area contributed by atoms with Crippen molar-refractivity contribution in [2.75, 3.05) is 13.1 Å². The van der Waals surface area contributed by atoms with Crippen molar-refractivity contribution in [3.63, 3.8) is 0 Å². The largest absolute Gasteiger partial charge is 0.481 e. The molecule has 1 fully saturated rings. The molecule has 1 aromatic carbocycles. The maximum atomic E-state index is 13.5. The second-order valence-electron chi connectivity index (χ2n) is 4.71. The lowest BCUT2D eigenvalue weighted by atomic mass is 9.99. The monoisotopic (exact) mass is 237 g/mol. The zero-order chi connectivity index (χ0) is 12.4. The molecule has 1 saturated heterocycles. The Hall–Kier alpha value is -1.42. The molecule has 0 aromatic heterocycles. The molecule has 0 saturated carbocycles. The van der Waals surface area contributed by atoms with Gasteiger partial charge in [0.2, 0.25) is 0 Å². The number of benzene rings is 1. The first-order chi connectivity index (χ1) is 8.08. The minimum Gasteiger partial charge on any atom is -0.481 e. The number of nitrogens with zero attached hydrogens (tertiary/aromatic N) is 1. The van der Waals surface area contributed by atoms with Gasteiger partial charge in [-0.15, -0.1) is 0 Å².